The van der Waals surface area contributed by atoms with Gasteiger partial charge in [-0.05, 0) is 50.6 Å². The van der Waals surface area contributed by atoms with Crippen molar-refractivity contribution in [2.75, 3.05) is 6.54 Å². The summed E-state index contributed by atoms with van der Waals surface area (Å²) in [5.74, 6) is 0.832. The summed E-state index contributed by atoms with van der Waals surface area (Å²) in [5.41, 5.74) is 2.83. The van der Waals surface area contributed by atoms with Gasteiger partial charge in [-0.1, -0.05) is 63.4 Å². The van der Waals surface area contributed by atoms with E-state index < -0.39 is 0 Å². The van der Waals surface area contributed by atoms with Crippen LogP contribution in [0.2, 0.25) is 0 Å². The van der Waals surface area contributed by atoms with Crippen molar-refractivity contribution < 1.29 is 0 Å². The first-order chi connectivity index (χ1) is 9.61. The normalized spacial score (nSPS) is 12.8. The smallest absolute Gasteiger partial charge is 0.00702 e. The summed E-state index contributed by atoms with van der Waals surface area (Å²) >= 11 is 0. The van der Waals surface area contributed by atoms with E-state index in [4.69, 9.17) is 0 Å². The zero-order valence-electron chi connectivity index (χ0n) is 13.9. The highest BCUT2D eigenvalue weighted by molar-refractivity contribution is 5.21. The predicted molar refractivity (Wildman–Crippen MR) is 90.3 cm³/mol. The van der Waals surface area contributed by atoms with Crippen LogP contribution >= 0.6 is 0 Å². The van der Waals surface area contributed by atoms with Crippen LogP contribution in [0, 0.1) is 12.8 Å². The van der Waals surface area contributed by atoms with Gasteiger partial charge in [0.1, 0.15) is 0 Å². The molecule has 1 heteroatoms. The molecule has 20 heavy (non-hydrogen) atoms. The second-order valence-electron chi connectivity index (χ2n) is 6.50. The molecule has 1 aromatic rings. The van der Waals surface area contributed by atoms with Crippen LogP contribution in [-0.2, 0) is 6.42 Å². The molecular formula is C19H33N. The zero-order chi connectivity index (χ0) is 14.8. The number of hydrogen-bond donors (Lipinski definition) is 1. The Balaban J connectivity index is 2.36. The lowest BCUT2D eigenvalue weighted by Crippen LogP contribution is -2.30. The molecule has 1 nitrogen and oxygen atoms in total. The van der Waals surface area contributed by atoms with Crippen molar-refractivity contribution in [1.82, 2.24) is 5.32 Å². The van der Waals surface area contributed by atoms with Gasteiger partial charge in [-0.2, -0.15) is 0 Å². The van der Waals surface area contributed by atoms with Gasteiger partial charge in [-0.3, -0.25) is 0 Å². The minimum Gasteiger partial charge on any atom is -0.314 e. The first-order valence-electron chi connectivity index (χ1n) is 8.40. The summed E-state index contributed by atoms with van der Waals surface area (Å²) in [6, 6.07) is 9.70. The van der Waals surface area contributed by atoms with Gasteiger partial charge in [-0.15, -0.1) is 0 Å². The fourth-order valence-electron chi connectivity index (χ4n) is 2.57. The van der Waals surface area contributed by atoms with Gasteiger partial charge in [0.2, 0.25) is 0 Å². The number of rotatable bonds is 10. The van der Waals surface area contributed by atoms with E-state index in [1.165, 1.54) is 49.7 Å². The fourth-order valence-corrected chi connectivity index (χ4v) is 2.57. The quantitative estimate of drug-likeness (QED) is 0.625. The van der Waals surface area contributed by atoms with Crippen molar-refractivity contribution in [3.63, 3.8) is 0 Å². The summed E-state index contributed by atoms with van der Waals surface area (Å²) in [7, 11) is 0. The molecule has 0 heterocycles. The number of nitrogens with one attached hydrogen (secondary N) is 1. The monoisotopic (exact) mass is 275 g/mol. The van der Waals surface area contributed by atoms with Crippen molar-refractivity contribution >= 4 is 0 Å². The summed E-state index contributed by atoms with van der Waals surface area (Å²) in [4.78, 5) is 0. The third-order valence-electron chi connectivity index (χ3n) is 3.92. The molecule has 0 bridgehead atoms. The molecule has 1 N–H and O–H groups in total. The van der Waals surface area contributed by atoms with E-state index in [1.807, 2.05) is 0 Å². The molecule has 0 saturated carbocycles. The van der Waals surface area contributed by atoms with Crippen molar-refractivity contribution in [2.45, 2.75) is 72.3 Å². The molecule has 0 aliphatic heterocycles. The Morgan fingerprint density at radius 1 is 1.00 bits per heavy atom. The minimum absolute atomic E-state index is 0.690. The first kappa shape index (κ1) is 17.2. The average molecular weight is 275 g/mol. The Labute approximate surface area is 126 Å². The van der Waals surface area contributed by atoms with E-state index in [9.17, 15) is 0 Å². The number of aryl methyl sites for hydroxylation is 2. The molecule has 114 valence electrons. The topological polar surface area (TPSA) is 12.0 Å². The molecular weight excluding hydrogens is 242 g/mol. The Morgan fingerprint density at radius 2 is 1.70 bits per heavy atom. The molecule has 1 unspecified atom stereocenters. The van der Waals surface area contributed by atoms with Gasteiger partial charge in [0.05, 0.1) is 0 Å². The van der Waals surface area contributed by atoms with Crippen LogP contribution in [0.25, 0.3) is 0 Å². The van der Waals surface area contributed by atoms with E-state index in [0.717, 1.165) is 12.5 Å². The maximum absolute atomic E-state index is 3.72. The lowest BCUT2D eigenvalue weighted by atomic mass is 9.98. The second kappa shape index (κ2) is 9.99. The Hall–Kier alpha value is -0.820. The minimum atomic E-state index is 0.690. The van der Waals surface area contributed by atoms with Crippen LogP contribution in [0.1, 0.15) is 64.0 Å². The van der Waals surface area contributed by atoms with Gasteiger partial charge in [0.25, 0.3) is 0 Å². The largest absolute Gasteiger partial charge is 0.314 e. The Bertz CT molecular complexity index is 339. The molecule has 0 radical (unpaired) electrons. The van der Waals surface area contributed by atoms with Crippen molar-refractivity contribution in [1.29, 1.82) is 0 Å². The third kappa shape index (κ3) is 7.69. The second-order valence-corrected chi connectivity index (χ2v) is 6.50. The fraction of sp³-hybridized carbons (Fsp3) is 0.684. The van der Waals surface area contributed by atoms with Crippen molar-refractivity contribution in [3.05, 3.63) is 35.4 Å². The molecule has 0 fully saturated rings. The standard InChI is InChI=1S/C19H33N/c1-5-15-20-19(8-6-7-16(2)3)14-13-18-11-9-17(4)10-12-18/h9-12,16,19-20H,5-8,13-15H2,1-4H3. The molecule has 0 aliphatic carbocycles. The molecule has 0 aliphatic rings. The van der Waals surface area contributed by atoms with E-state index in [2.05, 4.69) is 57.3 Å². The zero-order valence-corrected chi connectivity index (χ0v) is 13.9. The SMILES string of the molecule is CCCNC(CCCC(C)C)CCc1ccc(C)cc1. The molecule has 1 atom stereocenters. The summed E-state index contributed by atoms with van der Waals surface area (Å²) in [6.07, 6.45) is 7.72. The van der Waals surface area contributed by atoms with E-state index in [-0.39, 0.29) is 0 Å². The van der Waals surface area contributed by atoms with Gasteiger partial charge in [0.15, 0.2) is 0 Å². The van der Waals surface area contributed by atoms with Crippen molar-refractivity contribution in [3.8, 4) is 0 Å². The van der Waals surface area contributed by atoms with Gasteiger partial charge >= 0.3 is 0 Å². The van der Waals surface area contributed by atoms with Gasteiger partial charge < -0.3 is 5.32 Å². The number of hydrogen-bond acceptors (Lipinski definition) is 1. The van der Waals surface area contributed by atoms with E-state index >= 15 is 0 Å². The van der Waals surface area contributed by atoms with Crippen LogP contribution in [0.5, 0.6) is 0 Å². The maximum atomic E-state index is 3.72. The first-order valence-corrected chi connectivity index (χ1v) is 8.40. The van der Waals surface area contributed by atoms with E-state index in [1.54, 1.807) is 0 Å². The molecule has 0 spiro atoms. The highest BCUT2D eigenvalue weighted by Gasteiger charge is 2.08. The summed E-state index contributed by atoms with van der Waals surface area (Å²) < 4.78 is 0. The summed E-state index contributed by atoms with van der Waals surface area (Å²) in [6.45, 7) is 10.2. The molecule has 0 aromatic heterocycles. The lowest BCUT2D eigenvalue weighted by molar-refractivity contribution is 0.417. The van der Waals surface area contributed by atoms with E-state index in [0.29, 0.717) is 6.04 Å². The average Bonchev–Trinajstić information content (AvgIpc) is 2.42. The van der Waals surface area contributed by atoms with Crippen LogP contribution in [0.3, 0.4) is 0 Å². The molecule has 0 saturated heterocycles. The highest BCUT2D eigenvalue weighted by Crippen LogP contribution is 2.13. The van der Waals surface area contributed by atoms with Crippen LogP contribution in [-0.4, -0.2) is 12.6 Å². The molecule has 1 aromatic carbocycles. The van der Waals surface area contributed by atoms with Crippen LogP contribution in [0.15, 0.2) is 24.3 Å². The maximum Gasteiger partial charge on any atom is 0.00702 e. The molecule has 0 amide bonds. The predicted octanol–water partition coefficient (Wildman–Crippen LogP) is 5.12. The van der Waals surface area contributed by atoms with Crippen molar-refractivity contribution in [2.24, 2.45) is 5.92 Å². The number of benzene rings is 1. The molecule has 1 rings (SSSR count). The van der Waals surface area contributed by atoms with Gasteiger partial charge in [0, 0.05) is 6.04 Å². The summed E-state index contributed by atoms with van der Waals surface area (Å²) in [5, 5.41) is 3.72. The Morgan fingerprint density at radius 3 is 2.30 bits per heavy atom. The van der Waals surface area contributed by atoms with Gasteiger partial charge in [-0.25, -0.2) is 0 Å². The Kier molecular flexibility index (Phi) is 8.60. The lowest BCUT2D eigenvalue weighted by Gasteiger charge is -2.19. The van der Waals surface area contributed by atoms with Crippen LogP contribution in [0.4, 0.5) is 0 Å². The highest BCUT2D eigenvalue weighted by atomic mass is 14.9. The third-order valence-corrected chi connectivity index (χ3v) is 3.92. The van der Waals surface area contributed by atoms with Crippen LogP contribution < -0.4 is 5.32 Å².